The summed E-state index contributed by atoms with van der Waals surface area (Å²) in [5.41, 5.74) is 1.72. The van der Waals surface area contributed by atoms with Crippen molar-refractivity contribution in [2.75, 3.05) is 5.32 Å². The lowest BCUT2D eigenvalue weighted by atomic mass is 10.1. The number of carbonyl (C=O) groups is 1. The first-order valence-corrected chi connectivity index (χ1v) is 7.55. The monoisotopic (exact) mass is 348 g/mol. The van der Waals surface area contributed by atoms with Crippen LogP contribution in [0.1, 0.15) is 18.4 Å². The van der Waals surface area contributed by atoms with Gasteiger partial charge >= 0.3 is 0 Å². The Bertz CT molecular complexity index is 654. The maximum Gasteiger partial charge on any atom is 0.264 e. The van der Waals surface area contributed by atoms with E-state index in [9.17, 15) is 9.59 Å². The molecule has 0 aliphatic rings. The van der Waals surface area contributed by atoms with Crippen molar-refractivity contribution in [3.8, 4) is 0 Å². The largest absolute Gasteiger partial charge is 0.325 e. The fourth-order valence-electron chi connectivity index (χ4n) is 2.06. The summed E-state index contributed by atoms with van der Waals surface area (Å²) in [4.78, 5) is 23.4. The van der Waals surface area contributed by atoms with Crippen molar-refractivity contribution >= 4 is 27.5 Å². The van der Waals surface area contributed by atoms with Gasteiger partial charge in [0, 0.05) is 19.7 Å². The molecule has 1 heterocycles. The zero-order valence-corrected chi connectivity index (χ0v) is 13.4. The fraction of sp³-hybridized carbons (Fsp3) is 0.250. The van der Waals surface area contributed by atoms with Gasteiger partial charge in [0.25, 0.3) is 5.56 Å². The minimum atomic E-state index is -0.128. The second-order valence-corrected chi connectivity index (χ2v) is 5.73. The van der Waals surface area contributed by atoms with Crippen molar-refractivity contribution < 1.29 is 4.79 Å². The molecule has 0 saturated carbocycles. The van der Waals surface area contributed by atoms with Gasteiger partial charge in [-0.15, -0.1) is 0 Å². The van der Waals surface area contributed by atoms with Gasteiger partial charge in [0.1, 0.15) is 0 Å². The maximum atomic E-state index is 11.9. The highest BCUT2D eigenvalue weighted by Gasteiger charge is 2.06. The molecule has 1 N–H and O–H groups in total. The van der Waals surface area contributed by atoms with Crippen LogP contribution in [0.3, 0.4) is 0 Å². The number of nitrogens with one attached hydrogen (secondary N) is 1. The highest BCUT2D eigenvalue weighted by molar-refractivity contribution is 9.10. The summed E-state index contributed by atoms with van der Waals surface area (Å²) in [6, 6.07) is 11.7. The third-order valence-electron chi connectivity index (χ3n) is 3.14. The SMILES string of the molecule is Cn1cc(NC(=O)CCCc2ccccc2)cc(Br)c1=O. The number of rotatable bonds is 5. The van der Waals surface area contributed by atoms with Gasteiger partial charge in [0.2, 0.25) is 5.91 Å². The van der Waals surface area contributed by atoms with Crippen LogP contribution in [0, 0.1) is 0 Å². The predicted octanol–water partition coefficient (Wildman–Crippen LogP) is 3.11. The third kappa shape index (κ3) is 4.56. The topological polar surface area (TPSA) is 51.1 Å². The fourth-order valence-corrected chi connectivity index (χ4v) is 2.59. The van der Waals surface area contributed by atoms with E-state index in [0.29, 0.717) is 16.6 Å². The molecular weight excluding hydrogens is 332 g/mol. The Morgan fingerprint density at radius 1 is 1.29 bits per heavy atom. The Balaban J connectivity index is 1.86. The lowest BCUT2D eigenvalue weighted by molar-refractivity contribution is -0.116. The standard InChI is InChI=1S/C16H17BrN2O2/c1-19-11-13(10-14(17)16(19)21)18-15(20)9-5-8-12-6-3-2-4-7-12/h2-4,6-7,10-11H,5,8-9H2,1H3,(H,18,20). The lowest BCUT2D eigenvalue weighted by Crippen LogP contribution is -2.19. The summed E-state index contributed by atoms with van der Waals surface area (Å²) < 4.78 is 1.87. The Labute approximate surface area is 131 Å². The molecule has 0 saturated heterocycles. The first-order valence-electron chi connectivity index (χ1n) is 6.76. The van der Waals surface area contributed by atoms with Crippen LogP contribution < -0.4 is 10.9 Å². The minimum Gasteiger partial charge on any atom is -0.325 e. The Morgan fingerprint density at radius 2 is 2.00 bits per heavy atom. The molecule has 110 valence electrons. The number of pyridine rings is 1. The number of halogens is 1. The van der Waals surface area contributed by atoms with Crippen molar-refractivity contribution in [2.45, 2.75) is 19.3 Å². The Hall–Kier alpha value is -1.88. The zero-order chi connectivity index (χ0) is 15.2. The van der Waals surface area contributed by atoms with E-state index >= 15 is 0 Å². The van der Waals surface area contributed by atoms with Crippen molar-refractivity contribution in [1.29, 1.82) is 0 Å². The van der Waals surface area contributed by atoms with E-state index in [1.165, 1.54) is 10.1 Å². The number of hydrogen-bond acceptors (Lipinski definition) is 2. The second kappa shape index (κ2) is 7.22. The van der Waals surface area contributed by atoms with E-state index in [0.717, 1.165) is 12.8 Å². The highest BCUT2D eigenvalue weighted by atomic mass is 79.9. The third-order valence-corrected chi connectivity index (χ3v) is 3.70. The number of carbonyl (C=O) groups excluding carboxylic acids is 1. The van der Waals surface area contributed by atoms with Crippen molar-refractivity contribution in [1.82, 2.24) is 4.57 Å². The molecular formula is C16H17BrN2O2. The van der Waals surface area contributed by atoms with Crippen LogP contribution in [-0.2, 0) is 18.3 Å². The number of benzene rings is 1. The second-order valence-electron chi connectivity index (χ2n) is 4.88. The highest BCUT2D eigenvalue weighted by Crippen LogP contribution is 2.12. The molecule has 2 aromatic rings. The summed E-state index contributed by atoms with van der Waals surface area (Å²) in [6.07, 6.45) is 3.74. The van der Waals surface area contributed by atoms with Crippen LogP contribution in [0.5, 0.6) is 0 Å². The molecule has 0 unspecified atom stereocenters. The molecule has 0 spiro atoms. The van der Waals surface area contributed by atoms with Crippen LogP contribution in [0.4, 0.5) is 5.69 Å². The smallest absolute Gasteiger partial charge is 0.264 e. The van der Waals surface area contributed by atoms with Gasteiger partial charge in [0.05, 0.1) is 10.2 Å². The molecule has 0 bridgehead atoms. The average molecular weight is 349 g/mol. The van der Waals surface area contributed by atoms with Crippen LogP contribution in [0.15, 0.2) is 51.9 Å². The Morgan fingerprint density at radius 3 is 2.67 bits per heavy atom. The van der Waals surface area contributed by atoms with Crippen LogP contribution >= 0.6 is 15.9 Å². The van der Waals surface area contributed by atoms with E-state index < -0.39 is 0 Å². The molecule has 0 radical (unpaired) electrons. The molecule has 1 aromatic carbocycles. The van der Waals surface area contributed by atoms with Crippen LogP contribution in [-0.4, -0.2) is 10.5 Å². The quantitative estimate of drug-likeness (QED) is 0.902. The summed E-state index contributed by atoms with van der Waals surface area (Å²) in [7, 11) is 1.65. The van der Waals surface area contributed by atoms with E-state index in [-0.39, 0.29) is 11.5 Å². The number of nitrogens with zero attached hydrogens (tertiary/aromatic N) is 1. The van der Waals surface area contributed by atoms with E-state index in [1.54, 1.807) is 19.3 Å². The first kappa shape index (κ1) is 15.5. The zero-order valence-electron chi connectivity index (χ0n) is 11.8. The van der Waals surface area contributed by atoms with Crippen LogP contribution in [0.25, 0.3) is 0 Å². The summed E-state index contributed by atoms with van der Waals surface area (Å²) in [6.45, 7) is 0. The molecule has 0 aliphatic carbocycles. The van der Waals surface area contributed by atoms with Gasteiger partial charge in [-0.3, -0.25) is 9.59 Å². The molecule has 5 heteroatoms. The molecule has 1 amide bonds. The van der Waals surface area contributed by atoms with Gasteiger partial charge in [-0.25, -0.2) is 0 Å². The van der Waals surface area contributed by atoms with E-state index in [1.807, 2.05) is 18.2 Å². The Kier molecular flexibility index (Phi) is 5.33. The van der Waals surface area contributed by atoms with Gasteiger partial charge in [-0.05, 0) is 40.4 Å². The lowest BCUT2D eigenvalue weighted by Gasteiger charge is -2.07. The van der Waals surface area contributed by atoms with E-state index in [4.69, 9.17) is 0 Å². The van der Waals surface area contributed by atoms with E-state index in [2.05, 4.69) is 33.4 Å². The van der Waals surface area contributed by atoms with Crippen molar-refractivity contribution in [3.05, 3.63) is 63.0 Å². The minimum absolute atomic E-state index is 0.0449. The number of hydrogen-bond donors (Lipinski definition) is 1. The molecule has 0 atom stereocenters. The molecule has 21 heavy (non-hydrogen) atoms. The molecule has 4 nitrogen and oxygen atoms in total. The molecule has 0 fully saturated rings. The summed E-state index contributed by atoms with van der Waals surface area (Å²) in [5.74, 6) is -0.0449. The number of aryl methyl sites for hydroxylation is 2. The van der Waals surface area contributed by atoms with Crippen molar-refractivity contribution in [3.63, 3.8) is 0 Å². The van der Waals surface area contributed by atoms with Crippen LogP contribution in [0.2, 0.25) is 0 Å². The molecule has 1 aromatic heterocycles. The van der Waals surface area contributed by atoms with Gasteiger partial charge < -0.3 is 9.88 Å². The van der Waals surface area contributed by atoms with Gasteiger partial charge in [-0.2, -0.15) is 0 Å². The maximum absolute atomic E-state index is 11.9. The number of aromatic nitrogens is 1. The van der Waals surface area contributed by atoms with Gasteiger partial charge in [-0.1, -0.05) is 30.3 Å². The van der Waals surface area contributed by atoms with Crippen molar-refractivity contribution in [2.24, 2.45) is 7.05 Å². The predicted molar refractivity (Wildman–Crippen MR) is 87.4 cm³/mol. The normalized spacial score (nSPS) is 10.4. The summed E-state index contributed by atoms with van der Waals surface area (Å²) in [5, 5.41) is 2.81. The molecule has 0 aliphatic heterocycles. The molecule has 2 rings (SSSR count). The first-order chi connectivity index (χ1) is 10.1. The van der Waals surface area contributed by atoms with Gasteiger partial charge in [0.15, 0.2) is 0 Å². The summed E-state index contributed by atoms with van der Waals surface area (Å²) >= 11 is 3.19. The number of anilines is 1. The average Bonchev–Trinajstić information content (AvgIpc) is 2.46. The number of amides is 1.